The van der Waals surface area contributed by atoms with Crippen molar-refractivity contribution in [1.82, 2.24) is 0 Å². The van der Waals surface area contributed by atoms with Crippen LogP contribution in [-0.2, 0) is 12.4 Å². The lowest BCUT2D eigenvalue weighted by atomic mass is 11.5. The molecule has 0 spiro atoms. The summed E-state index contributed by atoms with van der Waals surface area (Å²) in [6.45, 7) is 0. The van der Waals surface area contributed by atoms with Gasteiger partial charge in [-0.1, -0.05) is 0 Å². The molecular formula is CClNOS. The Morgan fingerprint density at radius 2 is 2.20 bits per heavy atom. The lowest BCUT2D eigenvalue weighted by molar-refractivity contribution is 0.267. The Balaban J connectivity index is 3.20. The van der Waals surface area contributed by atoms with Crippen LogP contribution >= 0.6 is 11.6 Å². The van der Waals surface area contributed by atoms with E-state index in [0.29, 0.717) is 0 Å². The highest BCUT2D eigenvalue weighted by atomic mass is 35.5. The van der Waals surface area contributed by atoms with Gasteiger partial charge in [0.1, 0.15) is 0 Å². The Morgan fingerprint density at radius 1 is 2.00 bits per heavy atom. The molecule has 0 rings (SSSR count). The maximum atomic E-state index is 9.31. The van der Waals surface area contributed by atoms with Gasteiger partial charge < -0.3 is 0 Å². The molecule has 0 saturated heterocycles. The van der Waals surface area contributed by atoms with Gasteiger partial charge in [0.2, 0.25) is 0 Å². The van der Waals surface area contributed by atoms with Crippen LogP contribution in [0.4, 0.5) is 4.79 Å². The van der Waals surface area contributed by atoms with Crippen molar-refractivity contribution < 1.29 is 4.79 Å². The predicted octanol–water partition coefficient (Wildman–Crippen LogP) is 1.08. The molecule has 0 bridgehead atoms. The zero-order valence-electron chi connectivity index (χ0n) is 2.14. The molecule has 0 aliphatic carbocycles. The zero-order valence-corrected chi connectivity index (χ0v) is 3.71. The average molecular weight is 110 g/mol. The van der Waals surface area contributed by atoms with E-state index < -0.39 is 5.37 Å². The zero-order chi connectivity index (χ0) is 4.28. The molecule has 0 aromatic rings. The fraction of sp³-hybridized carbons (Fsp3) is 0. The van der Waals surface area contributed by atoms with Crippen LogP contribution in [0.15, 0.2) is 4.36 Å². The molecule has 5 heavy (non-hydrogen) atoms. The molecule has 2 nitrogen and oxygen atoms in total. The van der Waals surface area contributed by atoms with Crippen molar-refractivity contribution in [2.24, 2.45) is 4.36 Å². The summed E-state index contributed by atoms with van der Waals surface area (Å²) >= 11 is 8.37. The topological polar surface area (TPSA) is 29.4 Å². The van der Waals surface area contributed by atoms with E-state index in [1.54, 1.807) is 0 Å². The van der Waals surface area contributed by atoms with Gasteiger partial charge in [-0.3, -0.25) is 4.79 Å². The SMILES string of the molecule is O=C(Cl)N=S. The maximum absolute atomic E-state index is 9.31. The third kappa shape index (κ3) is 3.98. The molecule has 4 heteroatoms. The number of nitrogens with zero attached hydrogens (tertiary/aromatic N) is 1. The maximum Gasteiger partial charge on any atom is 0.351 e. The highest BCUT2D eigenvalue weighted by Gasteiger charge is 1.78. The lowest BCUT2D eigenvalue weighted by Gasteiger charge is -1.56. The van der Waals surface area contributed by atoms with Crippen LogP contribution in [0.3, 0.4) is 0 Å². The Hall–Kier alpha value is -0.0200. The molecule has 0 aromatic heterocycles. The summed E-state index contributed by atoms with van der Waals surface area (Å²) < 4.78 is 2.60. The normalized spacial score (nSPS) is 6.60. The van der Waals surface area contributed by atoms with E-state index in [1.807, 2.05) is 0 Å². The fourth-order valence-corrected chi connectivity index (χ4v) is 0. The van der Waals surface area contributed by atoms with Gasteiger partial charge in [0.25, 0.3) is 0 Å². The number of carbonyl (C=O) groups excluding carboxylic acids is 1. The van der Waals surface area contributed by atoms with Crippen LogP contribution in [-0.4, -0.2) is 5.37 Å². The number of rotatable bonds is 0. The summed E-state index contributed by atoms with van der Waals surface area (Å²) in [5.41, 5.74) is 0. The summed E-state index contributed by atoms with van der Waals surface area (Å²) in [7, 11) is 0. The van der Waals surface area contributed by atoms with Crippen LogP contribution in [0.1, 0.15) is 0 Å². The number of amides is 1. The molecule has 0 aliphatic rings. The average Bonchev–Trinajstić information content (AvgIpc) is 1.38. The van der Waals surface area contributed by atoms with Crippen LogP contribution in [0.5, 0.6) is 0 Å². The minimum atomic E-state index is -0.833. The number of hydrogen-bond acceptors (Lipinski definition) is 2. The van der Waals surface area contributed by atoms with Crippen molar-refractivity contribution >= 4 is 29.4 Å². The highest BCUT2D eigenvalue weighted by molar-refractivity contribution is 7.48. The lowest BCUT2D eigenvalue weighted by Crippen LogP contribution is -1.62. The molecule has 1 amide bonds. The van der Waals surface area contributed by atoms with Crippen molar-refractivity contribution in [2.75, 3.05) is 0 Å². The highest BCUT2D eigenvalue weighted by Crippen LogP contribution is 1.78. The molecule has 0 saturated carbocycles. The van der Waals surface area contributed by atoms with Crippen molar-refractivity contribution in [3.8, 4) is 0 Å². The Labute approximate surface area is 39.3 Å². The summed E-state index contributed by atoms with van der Waals surface area (Å²) in [6, 6.07) is 0. The monoisotopic (exact) mass is 109 g/mol. The molecule has 0 atom stereocenters. The van der Waals surface area contributed by atoms with Crippen LogP contribution in [0, 0.1) is 0 Å². The van der Waals surface area contributed by atoms with Gasteiger partial charge in [0.15, 0.2) is 0 Å². The summed E-state index contributed by atoms with van der Waals surface area (Å²) in [6.07, 6.45) is 0. The largest absolute Gasteiger partial charge is 0.351 e. The van der Waals surface area contributed by atoms with E-state index in [4.69, 9.17) is 0 Å². The van der Waals surface area contributed by atoms with Gasteiger partial charge in [-0.25, -0.2) is 0 Å². The molecule has 0 radical (unpaired) electrons. The van der Waals surface area contributed by atoms with Crippen LogP contribution < -0.4 is 0 Å². The molecule has 0 aromatic carbocycles. The Bertz CT molecular complexity index is 62.7. The molecule has 0 heterocycles. The Kier molecular flexibility index (Phi) is 2.22. The molecule has 0 aliphatic heterocycles. The van der Waals surface area contributed by atoms with Crippen molar-refractivity contribution in [1.29, 1.82) is 0 Å². The van der Waals surface area contributed by atoms with E-state index in [2.05, 4.69) is 28.4 Å². The van der Waals surface area contributed by atoms with Crippen molar-refractivity contribution in [3.05, 3.63) is 0 Å². The minimum Gasteiger partial charge on any atom is -0.252 e. The second-order valence-corrected chi connectivity index (χ2v) is 0.850. The van der Waals surface area contributed by atoms with Gasteiger partial charge in [0.05, 0.1) is 0 Å². The second-order valence-electron chi connectivity index (χ2n) is 0.344. The van der Waals surface area contributed by atoms with E-state index in [1.165, 1.54) is 0 Å². The number of halogens is 1. The van der Waals surface area contributed by atoms with Gasteiger partial charge in [-0.15, -0.1) is 4.36 Å². The van der Waals surface area contributed by atoms with E-state index >= 15 is 0 Å². The van der Waals surface area contributed by atoms with Crippen LogP contribution in [0.25, 0.3) is 0 Å². The van der Waals surface area contributed by atoms with Gasteiger partial charge in [-0.05, 0) is 11.6 Å². The molecule has 28 valence electrons. The fourth-order valence-electron chi connectivity index (χ4n) is 0. The summed E-state index contributed by atoms with van der Waals surface area (Å²) in [5.74, 6) is 0. The van der Waals surface area contributed by atoms with Crippen LogP contribution in [0.2, 0.25) is 0 Å². The number of carbonyl (C=O) groups is 1. The van der Waals surface area contributed by atoms with E-state index in [0.717, 1.165) is 0 Å². The van der Waals surface area contributed by atoms with Gasteiger partial charge >= 0.3 is 5.37 Å². The first-order chi connectivity index (χ1) is 2.27. The van der Waals surface area contributed by atoms with Crippen molar-refractivity contribution in [2.45, 2.75) is 0 Å². The summed E-state index contributed by atoms with van der Waals surface area (Å²) in [4.78, 5) is 9.31. The third-order valence-electron chi connectivity index (χ3n) is 0.0718. The van der Waals surface area contributed by atoms with Gasteiger partial charge in [-0.2, -0.15) is 0 Å². The first-order valence-electron chi connectivity index (χ1n) is 0.799. The smallest absolute Gasteiger partial charge is 0.252 e. The predicted molar refractivity (Wildman–Crippen MR) is 21.0 cm³/mol. The molecule has 0 fully saturated rings. The Morgan fingerprint density at radius 3 is 2.20 bits per heavy atom. The van der Waals surface area contributed by atoms with Gasteiger partial charge in [0, 0.05) is 12.4 Å². The molecule has 0 N–H and O–H groups in total. The first kappa shape index (κ1) is 4.98. The van der Waals surface area contributed by atoms with E-state index in [9.17, 15) is 4.79 Å². The van der Waals surface area contributed by atoms with E-state index in [-0.39, 0.29) is 0 Å². The number of hydrogen-bond donors (Lipinski definition) is 0. The summed E-state index contributed by atoms with van der Waals surface area (Å²) in [5, 5.41) is -0.833. The minimum absolute atomic E-state index is 0.833. The third-order valence-corrected chi connectivity index (χ3v) is 0.422. The quantitative estimate of drug-likeness (QED) is 0.344. The second kappa shape index (κ2) is 2.23. The first-order valence-corrected chi connectivity index (χ1v) is 1.54. The molecule has 0 unspecified atom stereocenters. The molecular weight excluding hydrogens is 110 g/mol. The standard InChI is InChI=1S/CClNOS/c2-1(4)3-5. The van der Waals surface area contributed by atoms with Crippen molar-refractivity contribution in [3.63, 3.8) is 0 Å².